The molecule has 0 radical (unpaired) electrons. The number of fused-ring (bicyclic) bond motifs is 1. The zero-order chi connectivity index (χ0) is 20.2. The first-order valence-corrected chi connectivity index (χ1v) is 12.4. The van der Waals surface area contributed by atoms with Crippen LogP contribution >= 0.6 is 0 Å². The molecular weight excluding hydrogens is 391 g/mol. The molecule has 0 amide bonds. The SMILES string of the molecule is CCCCCCCCCCCCCCc1ccc2cc(S(=O)(=O)[O-])ccc2c1.[Na+]. The van der Waals surface area contributed by atoms with Gasteiger partial charge in [-0.15, -0.1) is 0 Å². The van der Waals surface area contributed by atoms with Crippen molar-refractivity contribution in [3.63, 3.8) is 0 Å². The van der Waals surface area contributed by atoms with Gasteiger partial charge in [-0.25, -0.2) is 8.42 Å². The first-order chi connectivity index (χ1) is 13.5. The molecule has 0 aliphatic carbocycles. The molecule has 0 atom stereocenters. The van der Waals surface area contributed by atoms with Gasteiger partial charge in [-0.2, -0.15) is 0 Å². The second kappa shape index (κ2) is 14.6. The first-order valence-electron chi connectivity index (χ1n) is 11.0. The third-order valence-electron chi connectivity index (χ3n) is 5.48. The van der Waals surface area contributed by atoms with E-state index in [-0.39, 0.29) is 34.5 Å². The van der Waals surface area contributed by atoms with Crippen LogP contribution in [0.4, 0.5) is 0 Å². The summed E-state index contributed by atoms with van der Waals surface area (Å²) in [4.78, 5) is -0.159. The topological polar surface area (TPSA) is 57.2 Å². The Balaban J connectivity index is 0.00000420. The van der Waals surface area contributed by atoms with E-state index < -0.39 is 10.1 Å². The fraction of sp³-hybridized carbons (Fsp3) is 0.583. The van der Waals surface area contributed by atoms with Crippen LogP contribution in [0.3, 0.4) is 0 Å². The molecule has 156 valence electrons. The quantitative estimate of drug-likeness (QED) is 0.261. The summed E-state index contributed by atoms with van der Waals surface area (Å²) in [6.45, 7) is 2.26. The normalized spacial score (nSPS) is 11.5. The standard InChI is InChI=1S/C24H36O3S.Na/c1-2-3-4-5-6-7-8-9-10-11-12-13-14-21-15-16-23-20-24(28(25,26)27)18-17-22(23)19-21;/h15-20H,2-14H2,1H3,(H,25,26,27);/q;+1/p-1. The van der Waals surface area contributed by atoms with Crippen molar-refractivity contribution >= 4 is 20.9 Å². The van der Waals surface area contributed by atoms with E-state index in [9.17, 15) is 13.0 Å². The Hall–Kier alpha value is -0.390. The molecule has 2 rings (SSSR count). The van der Waals surface area contributed by atoms with Gasteiger partial charge in [0.2, 0.25) is 0 Å². The summed E-state index contributed by atoms with van der Waals surface area (Å²) in [5.41, 5.74) is 1.28. The van der Waals surface area contributed by atoms with Crippen LogP contribution in [0, 0.1) is 0 Å². The van der Waals surface area contributed by atoms with Crippen molar-refractivity contribution in [3.8, 4) is 0 Å². The summed E-state index contributed by atoms with van der Waals surface area (Å²) in [7, 11) is -4.39. The van der Waals surface area contributed by atoms with Crippen LogP contribution in [0.2, 0.25) is 0 Å². The molecule has 0 fully saturated rings. The summed E-state index contributed by atoms with van der Waals surface area (Å²) in [5, 5.41) is 1.79. The fourth-order valence-electron chi connectivity index (χ4n) is 3.75. The summed E-state index contributed by atoms with van der Waals surface area (Å²) < 4.78 is 33.4. The van der Waals surface area contributed by atoms with Gasteiger partial charge in [0.15, 0.2) is 0 Å². The number of hydrogen-bond acceptors (Lipinski definition) is 3. The summed E-state index contributed by atoms with van der Waals surface area (Å²) in [6.07, 6.45) is 17.3. The van der Waals surface area contributed by atoms with Crippen molar-refractivity contribution in [1.29, 1.82) is 0 Å². The van der Waals surface area contributed by atoms with E-state index in [0.29, 0.717) is 0 Å². The molecule has 3 nitrogen and oxygen atoms in total. The zero-order valence-corrected chi connectivity index (χ0v) is 21.1. The monoisotopic (exact) mass is 426 g/mol. The maximum atomic E-state index is 11.1. The number of benzene rings is 2. The Labute approximate surface area is 199 Å². The molecule has 29 heavy (non-hydrogen) atoms. The van der Waals surface area contributed by atoms with Crippen molar-refractivity contribution in [1.82, 2.24) is 0 Å². The van der Waals surface area contributed by atoms with Crippen LogP contribution in [0.1, 0.15) is 89.5 Å². The van der Waals surface area contributed by atoms with Crippen LogP contribution in [-0.4, -0.2) is 13.0 Å². The molecule has 0 aliphatic rings. The van der Waals surface area contributed by atoms with E-state index in [1.807, 2.05) is 12.1 Å². The van der Waals surface area contributed by atoms with E-state index in [4.69, 9.17) is 0 Å². The fourth-order valence-corrected chi connectivity index (χ4v) is 4.26. The molecule has 0 unspecified atom stereocenters. The van der Waals surface area contributed by atoms with Crippen molar-refractivity contribution in [2.75, 3.05) is 0 Å². The summed E-state index contributed by atoms with van der Waals surface area (Å²) >= 11 is 0. The van der Waals surface area contributed by atoms with Gasteiger partial charge in [0.1, 0.15) is 10.1 Å². The van der Waals surface area contributed by atoms with Gasteiger partial charge in [0.05, 0.1) is 4.90 Å². The van der Waals surface area contributed by atoms with E-state index in [0.717, 1.165) is 17.2 Å². The largest absolute Gasteiger partial charge is 1.00 e. The maximum Gasteiger partial charge on any atom is 1.00 e. The van der Waals surface area contributed by atoms with Crippen molar-refractivity contribution in [3.05, 3.63) is 42.0 Å². The molecule has 0 heterocycles. The molecular formula is C24H35NaO3S. The Morgan fingerprint density at radius 1 is 0.690 bits per heavy atom. The van der Waals surface area contributed by atoms with Gasteiger partial charge >= 0.3 is 29.6 Å². The Morgan fingerprint density at radius 2 is 1.17 bits per heavy atom. The molecule has 0 bridgehead atoms. The van der Waals surface area contributed by atoms with Gasteiger partial charge < -0.3 is 4.55 Å². The second-order valence-corrected chi connectivity index (χ2v) is 9.32. The third kappa shape index (κ3) is 10.5. The zero-order valence-electron chi connectivity index (χ0n) is 18.3. The van der Waals surface area contributed by atoms with Gasteiger partial charge in [0.25, 0.3) is 0 Å². The van der Waals surface area contributed by atoms with Gasteiger partial charge in [-0.3, -0.25) is 0 Å². The number of rotatable bonds is 14. The molecule has 0 aliphatic heterocycles. The Morgan fingerprint density at radius 3 is 1.72 bits per heavy atom. The molecule has 0 saturated carbocycles. The molecule has 2 aromatic carbocycles. The maximum absolute atomic E-state index is 11.1. The van der Waals surface area contributed by atoms with E-state index >= 15 is 0 Å². The minimum absolute atomic E-state index is 0. The minimum Gasteiger partial charge on any atom is -0.744 e. The van der Waals surface area contributed by atoms with Gasteiger partial charge in [0, 0.05) is 0 Å². The van der Waals surface area contributed by atoms with Crippen molar-refractivity contribution in [2.24, 2.45) is 0 Å². The molecule has 5 heteroatoms. The first kappa shape index (κ1) is 26.6. The van der Waals surface area contributed by atoms with Crippen LogP contribution in [0.5, 0.6) is 0 Å². The van der Waals surface area contributed by atoms with E-state index in [1.54, 1.807) is 6.07 Å². The van der Waals surface area contributed by atoms with Crippen LogP contribution in [0.25, 0.3) is 10.8 Å². The molecule has 0 spiro atoms. The predicted molar refractivity (Wildman–Crippen MR) is 117 cm³/mol. The Bertz CT molecular complexity index is 818. The smallest absolute Gasteiger partial charge is 0.744 e. The summed E-state index contributed by atoms with van der Waals surface area (Å²) in [5.74, 6) is 0. The summed E-state index contributed by atoms with van der Waals surface area (Å²) in [6, 6.07) is 10.7. The molecule has 0 saturated heterocycles. The van der Waals surface area contributed by atoms with E-state index in [1.165, 1.54) is 94.7 Å². The van der Waals surface area contributed by atoms with E-state index in [2.05, 4.69) is 13.0 Å². The predicted octanol–water partition coefficient (Wildman–Crippen LogP) is 3.99. The van der Waals surface area contributed by atoms with Crippen molar-refractivity contribution < 1.29 is 42.5 Å². The Kier molecular flexibility index (Phi) is 13.4. The minimum atomic E-state index is -4.39. The van der Waals surface area contributed by atoms with Gasteiger partial charge in [-0.1, -0.05) is 102 Å². The third-order valence-corrected chi connectivity index (χ3v) is 6.32. The van der Waals surface area contributed by atoms with Crippen LogP contribution < -0.4 is 29.6 Å². The molecule has 0 N–H and O–H groups in total. The molecule has 2 aromatic rings. The molecule has 0 aromatic heterocycles. The van der Waals surface area contributed by atoms with Crippen LogP contribution in [0.15, 0.2) is 41.3 Å². The number of hydrogen-bond donors (Lipinski definition) is 0. The average molecular weight is 427 g/mol. The number of unbranched alkanes of at least 4 members (excludes halogenated alkanes) is 11. The van der Waals surface area contributed by atoms with Crippen LogP contribution in [-0.2, 0) is 16.5 Å². The second-order valence-electron chi connectivity index (χ2n) is 7.94. The van der Waals surface area contributed by atoms with Gasteiger partial charge in [-0.05, 0) is 41.3 Å². The van der Waals surface area contributed by atoms with Crippen molar-refractivity contribution in [2.45, 2.75) is 95.3 Å². The average Bonchev–Trinajstić information content (AvgIpc) is 2.67. The number of aryl methyl sites for hydroxylation is 1.